The quantitative estimate of drug-likeness (QED) is 0.194. The predicted octanol–water partition coefficient (Wildman–Crippen LogP) is 11.5. The molecule has 0 aliphatic heterocycles. The Balaban J connectivity index is 1.19. The van der Waals surface area contributed by atoms with Crippen molar-refractivity contribution >= 4 is 64.1 Å². The van der Waals surface area contributed by atoms with E-state index in [1.54, 1.807) is 11.3 Å². The van der Waals surface area contributed by atoms with Crippen LogP contribution in [0.25, 0.3) is 92.6 Å². The first-order valence-electron chi connectivity index (χ1n) is 16.0. The standard InChI is InChI=1S/C43H26N4S/c1-2-12-28(13-3-1)41-44-42(46-43(45-41)30-22-23-35-34-18-7-9-20-38(34)48-39(35)26-30)29-14-10-15-31(25-29)47-37-19-8-6-17-33(37)36-24-21-27-11-4-5-16-32(27)40(36)47/h1-26H. The summed E-state index contributed by atoms with van der Waals surface area (Å²) in [5.74, 6) is 1.95. The molecule has 224 valence electrons. The summed E-state index contributed by atoms with van der Waals surface area (Å²) in [6, 6.07) is 55.6. The van der Waals surface area contributed by atoms with Crippen molar-refractivity contribution < 1.29 is 0 Å². The number of hydrogen-bond donors (Lipinski definition) is 0. The van der Waals surface area contributed by atoms with Gasteiger partial charge in [-0.25, -0.2) is 15.0 Å². The summed E-state index contributed by atoms with van der Waals surface area (Å²) in [5, 5.41) is 7.44. The summed E-state index contributed by atoms with van der Waals surface area (Å²) in [4.78, 5) is 15.2. The number of para-hydroxylation sites is 1. The minimum Gasteiger partial charge on any atom is -0.309 e. The minimum absolute atomic E-state index is 0.641. The fraction of sp³-hybridized carbons (Fsp3) is 0. The summed E-state index contributed by atoms with van der Waals surface area (Å²) >= 11 is 1.80. The van der Waals surface area contributed by atoms with Crippen molar-refractivity contribution in [1.29, 1.82) is 0 Å². The Morgan fingerprint density at radius 1 is 0.396 bits per heavy atom. The SMILES string of the molecule is c1ccc(-c2nc(-c3cccc(-n4c5ccccc5c5ccc6ccccc6c54)c3)nc(-c3ccc4c(c3)sc3ccccc34)n2)cc1. The minimum atomic E-state index is 0.641. The Kier molecular flexibility index (Phi) is 6.01. The van der Waals surface area contributed by atoms with Gasteiger partial charge in [0.15, 0.2) is 17.5 Å². The van der Waals surface area contributed by atoms with Gasteiger partial charge in [0.2, 0.25) is 0 Å². The molecule has 0 bridgehead atoms. The van der Waals surface area contributed by atoms with Gasteiger partial charge in [-0.15, -0.1) is 11.3 Å². The van der Waals surface area contributed by atoms with E-state index < -0.39 is 0 Å². The maximum atomic E-state index is 5.13. The third-order valence-corrected chi connectivity index (χ3v) is 10.4. The van der Waals surface area contributed by atoms with Gasteiger partial charge >= 0.3 is 0 Å². The van der Waals surface area contributed by atoms with Gasteiger partial charge in [-0.1, -0.05) is 127 Å². The first-order chi connectivity index (χ1) is 23.8. The van der Waals surface area contributed by atoms with E-state index in [2.05, 4.69) is 144 Å². The first kappa shape index (κ1) is 27.0. The van der Waals surface area contributed by atoms with Crippen LogP contribution in [0.15, 0.2) is 158 Å². The Hall–Kier alpha value is -6.17. The second kappa shape index (κ2) is 10.7. The van der Waals surface area contributed by atoms with Crippen molar-refractivity contribution in [3.05, 3.63) is 158 Å². The molecule has 7 aromatic carbocycles. The van der Waals surface area contributed by atoms with Gasteiger partial charge in [0.25, 0.3) is 0 Å². The molecule has 0 spiro atoms. The maximum Gasteiger partial charge on any atom is 0.164 e. The summed E-state index contributed by atoms with van der Waals surface area (Å²) in [6.07, 6.45) is 0. The van der Waals surface area contributed by atoms with Gasteiger partial charge in [-0.2, -0.15) is 0 Å². The molecule has 4 nitrogen and oxygen atoms in total. The zero-order chi connectivity index (χ0) is 31.6. The number of nitrogens with zero attached hydrogens (tertiary/aromatic N) is 4. The smallest absolute Gasteiger partial charge is 0.164 e. The van der Waals surface area contributed by atoms with Crippen molar-refractivity contribution in [2.24, 2.45) is 0 Å². The average Bonchev–Trinajstić information content (AvgIpc) is 3.71. The van der Waals surface area contributed by atoms with Crippen LogP contribution in [0.1, 0.15) is 0 Å². The highest BCUT2D eigenvalue weighted by molar-refractivity contribution is 7.25. The molecular weight excluding hydrogens is 605 g/mol. The number of benzene rings is 7. The zero-order valence-electron chi connectivity index (χ0n) is 25.7. The van der Waals surface area contributed by atoms with Crippen LogP contribution in [-0.4, -0.2) is 19.5 Å². The van der Waals surface area contributed by atoms with E-state index in [1.807, 2.05) is 18.2 Å². The third-order valence-electron chi connectivity index (χ3n) is 9.23. The second-order valence-electron chi connectivity index (χ2n) is 12.1. The number of aromatic nitrogens is 4. The fourth-order valence-corrected chi connectivity index (χ4v) is 8.14. The van der Waals surface area contributed by atoms with Crippen molar-refractivity contribution in [3.8, 4) is 39.9 Å². The molecule has 0 aliphatic carbocycles. The van der Waals surface area contributed by atoms with E-state index in [4.69, 9.17) is 15.0 Å². The maximum absolute atomic E-state index is 5.13. The Bertz CT molecular complexity index is 2850. The molecule has 5 heteroatoms. The van der Waals surface area contributed by atoms with Crippen LogP contribution in [0.2, 0.25) is 0 Å². The molecule has 0 unspecified atom stereocenters. The van der Waals surface area contributed by atoms with Crippen molar-refractivity contribution in [3.63, 3.8) is 0 Å². The molecule has 0 atom stereocenters. The molecule has 48 heavy (non-hydrogen) atoms. The number of hydrogen-bond acceptors (Lipinski definition) is 4. The zero-order valence-corrected chi connectivity index (χ0v) is 26.5. The van der Waals surface area contributed by atoms with Gasteiger partial charge in [-0.3, -0.25) is 0 Å². The van der Waals surface area contributed by atoms with Gasteiger partial charge in [-0.05, 0) is 35.7 Å². The number of thiophene rings is 1. The lowest BCUT2D eigenvalue weighted by molar-refractivity contribution is 1.07. The number of fused-ring (bicyclic) bond motifs is 8. The Morgan fingerprint density at radius 2 is 1.02 bits per heavy atom. The molecule has 0 radical (unpaired) electrons. The van der Waals surface area contributed by atoms with E-state index in [-0.39, 0.29) is 0 Å². The molecule has 0 fully saturated rings. The van der Waals surface area contributed by atoms with E-state index >= 15 is 0 Å². The highest BCUT2D eigenvalue weighted by atomic mass is 32.1. The molecule has 3 heterocycles. The van der Waals surface area contributed by atoms with Crippen LogP contribution in [0, 0.1) is 0 Å². The van der Waals surface area contributed by atoms with Crippen LogP contribution < -0.4 is 0 Å². The van der Waals surface area contributed by atoms with Crippen LogP contribution in [0.4, 0.5) is 0 Å². The van der Waals surface area contributed by atoms with Crippen LogP contribution in [-0.2, 0) is 0 Å². The average molecular weight is 631 g/mol. The summed E-state index contributed by atoms with van der Waals surface area (Å²) < 4.78 is 4.88. The molecule has 0 aliphatic rings. The fourth-order valence-electron chi connectivity index (χ4n) is 7.00. The van der Waals surface area contributed by atoms with E-state index in [9.17, 15) is 0 Å². The summed E-state index contributed by atoms with van der Waals surface area (Å²) in [7, 11) is 0. The highest BCUT2D eigenvalue weighted by Gasteiger charge is 2.17. The molecule has 0 N–H and O–H groups in total. The van der Waals surface area contributed by atoms with Crippen molar-refractivity contribution in [2.75, 3.05) is 0 Å². The molecule has 10 rings (SSSR count). The predicted molar refractivity (Wildman–Crippen MR) is 201 cm³/mol. The lowest BCUT2D eigenvalue weighted by Gasteiger charge is -2.12. The molecule has 3 aromatic heterocycles. The first-order valence-corrected chi connectivity index (χ1v) is 16.9. The van der Waals surface area contributed by atoms with Gasteiger partial charge in [0.05, 0.1) is 11.0 Å². The monoisotopic (exact) mass is 630 g/mol. The molecule has 0 saturated carbocycles. The summed E-state index contributed by atoms with van der Waals surface area (Å²) in [5.41, 5.74) is 6.28. The molecule has 0 saturated heterocycles. The van der Waals surface area contributed by atoms with Crippen LogP contribution in [0.3, 0.4) is 0 Å². The van der Waals surface area contributed by atoms with E-state index in [0.717, 1.165) is 22.4 Å². The third kappa shape index (κ3) is 4.25. The molecular formula is C43H26N4S. The van der Waals surface area contributed by atoms with Gasteiger partial charge < -0.3 is 4.57 Å². The van der Waals surface area contributed by atoms with Gasteiger partial charge in [0, 0.05) is 58.7 Å². The topological polar surface area (TPSA) is 43.6 Å². The second-order valence-corrected chi connectivity index (χ2v) is 13.2. The Morgan fingerprint density at radius 3 is 1.88 bits per heavy atom. The normalized spacial score (nSPS) is 11.8. The lowest BCUT2D eigenvalue weighted by Crippen LogP contribution is -2.01. The highest BCUT2D eigenvalue weighted by Crippen LogP contribution is 2.38. The largest absolute Gasteiger partial charge is 0.309 e. The molecule has 0 amide bonds. The number of rotatable bonds is 4. The van der Waals surface area contributed by atoms with Crippen LogP contribution >= 0.6 is 11.3 Å². The van der Waals surface area contributed by atoms with Crippen LogP contribution in [0.5, 0.6) is 0 Å². The summed E-state index contributed by atoms with van der Waals surface area (Å²) in [6.45, 7) is 0. The van der Waals surface area contributed by atoms with Crippen molar-refractivity contribution in [2.45, 2.75) is 0 Å². The Labute approximate surface area is 280 Å². The molecule has 10 aromatic rings. The lowest BCUT2D eigenvalue weighted by atomic mass is 10.1. The van der Waals surface area contributed by atoms with Gasteiger partial charge in [0.1, 0.15) is 0 Å². The van der Waals surface area contributed by atoms with E-state index in [1.165, 1.54) is 52.8 Å². The van der Waals surface area contributed by atoms with E-state index in [0.29, 0.717) is 17.5 Å². The van der Waals surface area contributed by atoms with Crippen molar-refractivity contribution in [1.82, 2.24) is 19.5 Å².